The quantitative estimate of drug-likeness (QED) is 0.367. The van der Waals surface area contributed by atoms with Crippen LogP contribution < -0.4 is 4.90 Å². The number of aryl methyl sites for hydroxylation is 3. The summed E-state index contributed by atoms with van der Waals surface area (Å²) >= 11 is 1.48. The molecule has 5 heteroatoms. The van der Waals surface area contributed by atoms with Crippen molar-refractivity contribution in [3.8, 4) is 0 Å². The molecule has 0 radical (unpaired) electrons. The molecule has 2 heterocycles. The largest absolute Gasteiger partial charge is 0.507 e. The number of ketones is 1. The molecule has 4 rings (SSSR count). The van der Waals surface area contributed by atoms with Crippen molar-refractivity contribution < 1.29 is 14.7 Å². The van der Waals surface area contributed by atoms with Crippen LogP contribution in [-0.2, 0) is 9.59 Å². The van der Waals surface area contributed by atoms with E-state index in [4.69, 9.17) is 0 Å². The molecule has 1 aliphatic rings. The van der Waals surface area contributed by atoms with Gasteiger partial charge in [0.2, 0.25) is 0 Å². The van der Waals surface area contributed by atoms with Crippen LogP contribution in [-0.4, -0.2) is 16.8 Å². The van der Waals surface area contributed by atoms with Crippen LogP contribution in [0.1, 0.15) is 33.2 Å². The number of nitrogens with zero attached hydrogens (tertiary/aromatic N) is 1. The van der Waals surface area contributed by atoms with Crippen molar-refractivity contribution in [1.82, 2.24) is 0 Å². The SMILES string of the molecule is Cc1ccc(/C(O)=C2/C(=O)C(=O)N(c3ccc(C)cc3)C2c2sccc2C)cc1. The number of hydrogen-bond acceptors (Lipinski definition) is 4. The number of aliphatic hydroxyl groups is 1. The molecule has 1 aliphatic heterocycles. The highest BCUT2D eigenvalue weighted by Gasteiger charge is 2.47. The lowest BCUT2D eigenvalue weighted by atomic mass is 9.98. The van der Waals surface area contributed by atoms with E-state index in [0.29, 0.717) is 11.3 Å². The first-order chi connectivity index (χ1) is 13.9. The van der Waals surface area contributed by atoms with Gasteiger partial charge in [-0.2, -0.15) is 0 Å². The molecule has 1 unspecified atom stereocenters. The zero-order valence-electron chi connectivity index (χ0n) is 16.5. The highest BCUT2D eigenvalue weighted by Crippen LogP contribution is 2.44. The molecule has 3 aromatic rings. The fourth-order valence-corrected chi connectivity index (χ4v) is 4.61. The number of thiophene rings is 1. The fraction of sp³-hybridized carbons (Fsp3) is 0.167. The van der Waals surface area contributed by atoms with Gasteiger partial charge in [-0.25, -0.2) is 0 Å². The first-order valence-electron chi connectivity index (χ1n) is 9.37. The molecule has 4 nitrogen and oxygen atoms in total. The molecule has 2 aromatic carbocycles. The summed E-state index contributed by atoms with van der Waals surface area (Å²) in [4.78, 5) is 28.5. The molecule has 0 bridgehead atoms. The van der Waals surface area contributed by atoms with Crippen LogP contribution in [0, 0.1) is 20.8 Å². The third-order valence-corrected chi connectivity index (χ3v) is 6.30. The van der Waals surface area contributed by atoms with Gasteiger partial charge in [0.05, 0.1) is 5.57 Å². The lowest BCUT2D eigenvalue weighted by Crippen LogP contribution is -2.29. The van der Waals surface area contributed by atoms with Gasteiger partial charge in [0.15, 0.2) is 0 Å². The van der Waals surface area contributed by atoms with Gasteiger partial charge in [-0.3, -0.25) is 14.5 Å². The molecular formula is C24H21NO3S. The van der Waals surface area contributed by atoms with E-state index in [0.717, 1.165) is 21.6 Å². The Labute approximate surface area is 173 Å². The highest BCUT2D eigenvalue weighted by molar-refractivity contribution is 7.10. The van der Waals surface area contributed by atoms with Crippen molar-refractivity contribution in [3.05, 3.63) is 92.7 Å². The summed E-state index contributed by atoms with van der Waals surface area (Å²) < 4.78 is 0. The van der Waals surface area contributed by atoms with Gasteiger partial charge in [0.1, 0.15) is 11.8 Å². The molecule has 0 spiro atoms. The van der Waals surface area contributed by atoms with Gasteiger partial charge in [0.25, 0.3) is 11.7 Å². The van der Waals surface area contributed by atoms with E-state index in [2.05, 4.69) is 0 Å². The molecule has 146 valence electrons. The standard InChI is InChI=1S/C24H21NO3S/c1-14-4-8-17(9-5-14)21(26)19-20(23-16(3)12-13-29-23)25(24(28)22(19)27)18-10-6-15(2)7-11-18/h4-13,20,26H,1-3H3/b21-19-. The van der Waals surface area contributed by atoms with E-state index in [-0.39, 0.29) is 11.3 Å². The Kier molecular flexibility index (Phi) is 4.84. The first-order valence-corrected chi connectivity index (χ1v) is 10.2. The smallest absolute Gasteiger partial charge is 0.300 e. The lowest BCUT2D eigenvalue weighted by Gasteiger charge is -2.25. The van der Waals surface area contributed by atoms with E-state index >= 15 is 0 Å². The Hall–Kier alpha value is -3.18. The Morgan fingerprint density at radius 1 is 0.897 bits per heavy atom. The number of aliphatic hydroxyl groups excluding tert-OH is 1. The summed E-state index contributed by atoms with van der Waals surface area (Å²) in [5, 5.41) is 13.0. The maximum atomic E-state index is 13.1. The minimum Gasteiger partial charge on any atom is -0.507 e. The maximum absolute atomic E-state index is 13.1. The molecule has 0 saturated carbocycles. The van der Waals surface area contributed by atoms with Crippen molar-refractivity contribution in [3.63, 3.8) is 0 Å². The second-order valence-corrected chi connectivity index (χ2v) is 8.29. The Morgan fingerprint density at radius 2 is 1.48 bits per heavy atom. The van der Waals surface area contributed by atoms with Crippen molar-refractivity contribution in [2.24, 2.45) is 0 Å². The molecule has 29 heavy (non-hydrogen) atoms. The summed E-state index contributed by atoms with van der Waals surface area (Å²) in [6.07, 6.45) is 0. The van der Waals surface area contributed by atoms with Gasteiger partial charge in [-0.15, -0.1) is 11.3 Å². The van der Waals surface area contributed by atoms with Crippen LogP contribution in [0.5, 0.6) is 0 Å². The monoisotopic (exact) mass is 403 g/mol. The molecule has 1 atom stereocenters. The zero-order valence-corrected chi connectivity index (χ0v) is 17.3. The minimum atomic E-state index is -0.665. The number of hydrogen-bond donors (Lipinski definition) is 1. The van der Waals surface area contributed by atoms with Gasteiger partial charge in [-0.05, 0) is 49.9 Å². The Balaban J connectivity index is 1.94. The van der Waals surface area contributed by atoms with E-state index in [1.807, 2.05) is 68.6 Å². The van der Waals surface area contributed by atoms with Crippen LogP contribution in [0.4, 0.5) is 5.69 Å². The number of carbonyl (C=O) groups excluding carboxylic acids is 2. The normalized spacial score (nSPS) is 18.4. The van der Waals surface area contributed by atoms with Crippen LogP contribution in [0.25, 0.3) is 5.76 Å². The van der Waals surface area contributed by atoms with E-state index < -0.39 is 17.7 Å². The van der Waals surface area contributed by atoms with Gasteiger partial charge in [0, 0.05) is 16.1 Å². The molecule has 1 aromatic heterocycles. The first kappa shape index (κ1) is 19.2. The number of benzene rings is 2. The van der Waals surface area contributed by atoms with Crippen molar-refractivity contribution >= 4 is 34.5 Å². The molecular weight excluding hydrogens is 382 g/mol. The number of anilines is 1. The third kappa shape index (κ3) is 3.28. The number of Topliss-reactive ketones (excluding diaryl/α,β-unsaturated/α-hetero) is 1. The van der Waals surface area contributed by atoms with Gasteiger partial charge in [-0.1, -0.05) is 47.5 Å². The minimum absolute atomic E-state index is 0.130. The van der Waals surface area contributed by atoms with E-state index in [1.54, 1.807) is 12.1 Å². The second kappa shape index (κ2) is 7.33. The van der Waals surface area contributed by atoms with E-state index in [1.165, 1.54) is 16.2 Å². The molecule has 1 saturated heterocycles. The predicted octanol–water partition coefficient (Wildman–Crippen LogP) is 5.30. The summed E-state index contributed by atoms with van der Waals surface area (Å²) in [5.41, 5.74) is 4.38. The highest BCUT2D eigenvalue weighted by atomic mass is 32.1. The average Bonchev–Trinajstić information content (AvgIpc) is 3.24. The molecule has 1 amide bonds. The number of amides is 1. The second-order valence-electron chi connectivity index (χ2n) is 7.34. The van der Waals surface area contributed by atoms with Crippen molar-refractivity contribution in [2.75, 3.05) is 4.90 Å². The summed E-state index contributed by atoms with van der Waals surface area (Å²) in [6, 6.07) is 16.1. The fourth-order valence-electron chi connectivity index (χ4n) is 3.58. The maximum Gasteiger partial charge on any atom is 0.300 e. The number of carbonyl (C=O) groups is 2. The number of rotatable bonds is 3. The Bertz CT molecular complexity index is 1120. The average molecular weight is 404 g/mol. The summed E-state index contributed by atoms with van der Waals surface area (Å²) in [5.74, 6) is -1.43. The van der Waals surface area contributed by atoms with Crippen LogP contribution in [0.3, 0.4) is 0 Å². The van der Waals surface area contributed by atoms with Gasteiger partial charge < -0.3 is 5.11 Å². The lowest BCUT2D eigenvalue weighted by molar-refractivity contribution is -0.132. The Morgan fingerprint density at radius 3 is 2.03 bits per heavy atom. The van der Waals surface area contributed by atoms with Crippen LogP contribution in [0.15, 0.2) is 65.6 Å². The summed E-state index contributed by atoms with van der Waals surface area (Å²) in [7, 11) is 0. The molecule has 1 N–H and O–H groups in total. The van der Waals surface area contributed by atoms with E-state index in [9.17, 15) is 14.7 Å². The van der Waals surface area contributed by atoms with Crippen LogP contribution in [0.2, 0.25) is 0 Å². The van der Waals surface area contributed by atoms with Crippen LogP contribution >= 0.6 is 11.3 Å². The summed E-state index contributed by atoms with van der Waals surface area (Å²) in [6.45, 7) is 5.87. The predicted molar refractivity (Wildman–Crippen MR) is 116 cm³/mol. The molecule has 1 fully saturated rings. The van der Waals surface area contributed by atoms with Gasteiger partial charge >= 0.3 is 0 Å². The third-order valence-electron chi connectivity index (χ3n) is 5.23. The van der Waals surface area contributed by atoms with Crippen molar-refractivity contribution in [2.45, 2.75) is 26.8 Å². The van der Waals surface area contributed by atoms with Crippen molar-refractivity contribution in [1.29, 1.82) is 0 Å². The zero-order chi connectivity index (χ0) is 20.7. The molecule has 0 aliphatic carbocycles. The topological polar surface area (TPSA) is 57.6 Å².